The van der Waals surface area contributed by atoms with Gasteiger partial charge in [0.2, 0.25) is 0 Å². The molecule has 112 valence electrons. The van der Waals surface area contributed by atoms with Crippen LogP contribution in [0.25, 0.3) is 0 Å². The molecule has 0 aromatic heterocycles. The highest BCUT2D eigenvalue weighted by Crippen LogP contribution is 2.39. The standard InChI is InChI=1S/C12H16Cl2N2O2S2/c1-2-20(17,18)11-7-19-4-3-16(11)12-9(13)5-8(15)6-10(12)14/h5-6,11H,2-4,7,15H2,1H3. The monoisotopic (exact) mass is 354 g/mol. The number of nitrogens with two attached hydrogens (primary N) is 1. The molecule has 8 heteroatoms. The van der Waals surface area contributed by atoms with Gasteiger partial charge < -0.3 is 10.6 Å². The normalized spacial score (nSPS) is 20.1. The minimum atomic E-state index is -3.21. The number of hydrogen-bond donors (Lipinski definition) is 1. The molecule has 0 amide bonds. The second kappa shape index (κ2) is 6.22. The highest BCUT2D eigenvalue weighted by molar-refractivity contribution is 8.01. The summed E-state index contributed by atoms with van der Waals surface area (Å²) in [5.74, 6) is 1.46. The van der Waals surface area contributed by atoms with Crippen molar-refractivity contribution >= 4 is 56.2 Å². The summed E-state index contributed by atoms with van der Waals surface area (Å²) in [6, 6.07) is 3.19. The summed E-state index contributed by atoms with van der Waals surface area (Å²) in [5, 5.41) is 0.182. The van der Waals surface area contributed by atoms with Crippen LogP contribution in [0.3, 0.4) is 0 Å². The van der Waals surface area contributed by atoms with Crippen molar-refractivity contribution in [2.75, 3.05) is 34.4 Å². The van der Waals surface area contributed by atoms with Gasteiger partial charge in [-0.2, -0.15) is 11.8 Å². The number of benzene rings is 1. The quantitative estimate of drug-likeness (QED) is 0.845. The van der Waals surface area contributed by atoms with E-state index in [1.54, 1.807) is 35.7 Å². The van der Waals surface area contributed by atoms with Gasteiger partial charge in [-0.1, -0.05) is 30.1 Å². The molecule has 0 bridgehead atoms. The first-order chi connectivity index (χ1) is 9.36. The summed E-state index contributed by atoms with van der Waals surface area (Å²) in [6.07, 6.45) is 0. The van der Waals surface area contributed by atoms with Crippen LogP contribution in [0.1, 0.15) is 6.92 Å². The molecule has 0 aliphatic carbocycles. The van der Waals surface area contributed by atoms with Crippen molar-refractivity contribution in [3.63, 3.8) is 0 Å². The lowest BCUT2D eigenvalue weighted by molar-refractivity contribution is 0.580. The fourth-order valence-corrected chi connectivity index (χ4v) is 5.88. The number of nitrogen functional groups attached to an aromatic ring is 1. The van der Waals surface area contributed by atoms with Crippen LogP contribution >= 0.6 is 35.0 Å². The molecule has 0 radical (unpaired) electrons. The molecule has 1 fully saturated rings. The Hall–Kier alpha value is -0.300. The number of hydrogen-bond acceptors (Lipinski definition) is 5. The van der Waals surface area contributed by atoms with E-state index in [0.717, 1.165) is 5.75 Å². The number of nitrogens with zero attached hydrogens (tertiary/aromatic N) is 1. The van der Waals surface area contributed by atoms with Crippen LogP contribution in [0, 0.1) is 0 Å². The van der Waals surface area contributed by atoms with E-state index >= 15 is 0 Å². The van der Waals surface area contributed by atoms with E-state index in [0.29, 0.717) is 33.7 Å². The Morgan fingerprint density at radius 2 is 2.00 bits per heavy atom. The summed E-state index contributed by atoms with van der Waals surface area (Å²) >= 11 is 14.1. The summed E-state index contributed by atoms with van der Waals surface area (Å²) in [6.45, 7) is 2.25. The molecular weight excluding hydrogens is 339 g/mol. The zero-order chi connectivity index (χ0) is 14.9. The predicted molar refractivity (Wildman–Crippen MR) is 88.8 cm³/mol. The van der Waals surface area contributed by atoms with E-state index in [9.17, 15) is 8.42 Å². The Morgan fingerprint density at radius 3 is 2.55 bits per heavy atom. The van der Waals surface area contributed by atoms with Crippen LogP contribution in [-0.2, 0) is 9.84 Å². The smallest absolute Gasteiger partial charge is 0.171 e. The summed E-state index contributed by atoms with van der Waals surface area (Å²) in [5.41, 5.74) is 6.72. The van der Waals surface area contributed by atoms with Crippen LogP contribution in [0.4, 0.5) is 11.4 Å². The Labute approximate surface area is 133 Å². The van der Waals surface area contributed by atoms with E-state index in [1.165, 1.54) is 0 Å². The molecule has 1 saturated heterocycles. The van der Waals surface area contributed by atoms with Crippen molar-refractivity contribution in [3.8, 4) is 0 Å². The van der Waals surface area contributed by atoms with Crippen molar-refractivity contribution in [1.82, 2.24) is 0 Å². The second-order valence-corrected chi connectivity index (χ2v) is 8.92. The van der Waals surface area contributed by atoms with Crippen molar-refractivity contribution in [2.24, 2.45) is 0 Å². The summed E-state index contributed by atoms with van der Waals surface area (Å²) < 4.78 is 24.5. The average molecular weight is 355 g/mol. The molecule has 0 spiro atoms. The highest BCUT2D eigenvalue weighted by atomic mass is 35.5. The Morgan fingerprint density at radius 1 is 1.40 bits per heavy atom. The molecule has 1 aromatic rings. The molecular formula is C12H16Cl2N2O2S2. The maximum atomic E-state index is 12.3. The van der Waals surface area contributed by atoms with Gasteiger partial charge in [0, 0.05) is 29.5 Å². The first-order valence-corrected chi connectivity index (χ1v) is 9.80. The Balaban J connectivity index is 2.49. The number of sulfone groups is 1. The highest BCUT2D eigenvalue weighted by Gasteiger charge is 2.34. The fraction of sp³-hybridized carbons (Fsp3) is 0.500. The van der Waals surface area contributed by atoms with Gasteiger partial charge in [0.1, 0.15) is 5.37 Å². The Bertz CT molecular complexity index is 584. The predicted octanol–water partition coefficient (Wildman–Crippen LogP) is 2.89. The van der Waals surface area contributed by atoms with Gasteiger partial charge in [0.15, 0.2) is 9.84 Å². The van der Waals surface area contributed by atoms with E-state index in [2.05, 4.69) is 0 Å². The van der Waals surface area contributed by atoms with Gasteiger partial charge in [-0.15, -0.1) is 0 Å². The second-order valence-electron chi connectivity index (χ2n) is 4.51. The van der Waals surface area contributed by atoms with Crippen LogP contribution in [0.5, 0.6) is 0 Å². The molecule has 1 aliphatic rings. The van der Waals surface area contributed by atoms with Crippen LogP contribution < -0.4 is 10.6 Å². The first-order valence-electron chi connectivity index (χ1n) is 6.17. The van der Waals surface area contributed by atoms with Gasteiger partial charge in [0.25, 0.3) is 0 Å². The SMILES string of the molecule is CCS(=O)(=O)C1CSCCN1c1c(Cl)cc(N)cc1Cl. The lowest BCUT2D eigenvalue weighted by Crippen LogP contribution is -2.48. The van der Waals surface area contributed by atoms with Gasteiger partial charge in [-0.25, -0.2) is 8.42 Å². The molecule has 2 N–H and O–H groups in total. The average Bonchev–Trinajstić information content (AvgIpc) is 2.38. The molecule has 1 heterocycles. The topological polar surface area (TPSA) is 63.4 Å². The van der Waals surface area contributed by atoms with E-state index in [4.69, 9.17) is 28.9 Å². The van der Waals surface area contributed by atoms with Gasteiger partial charge in [-0.05, 0) is 12.1 Å². The molecule has 1 atom stereocenters. The lowest BCUT2D eigenvalue weighted by Gasteiger charge is -2.37. The summed E-state index contributed by atoms with van der Waals surface area (Å²) in [4.78, 5) is 1.79. The van der Waals surface area contributed by atoms with Gasteiger partial charge in [0.05, 0.1) is 15.7 Å². The third kappa shape index (κ3) is 3.13. The zero-order valence-electron chi connectivity index (χ0n) is 11.0. The molecule has 4 nitrogen and oxygen atoms in total. The van der Waals surface area contributed by atoms with Crippen molar-refractivity contribution in [3.05, 3.63) is 22.2 Å². The number of anilines is 2. The van der Waals surface area contributed by atoms with E-state index in [-0.39, 0.29) is 5.75 Å². The number of rotatable bonds is 3. The van der Waals surface area contributed by atoms with Gasteiger partial charge >= 0.3 is 0 Å². The maximum absolute atomic E-state index is 12.3. The lowest BCUT2D eigenvalue weighted by atomic mass is 10.2. The van der Waals surface area contributed by atoms with Crippen molar-refractivity contribution in [1.29, 1.82) is 0 Å². The maximum Gasteiger partial charge on any atom is 0.171 e. The van der Waals surface area contributed by atoms with E-state index < -0.39 is 15.2 Å². The van der Waals surface area contributed by atoms with Crippen molar-refractivity contribution in [2.45, 2.75) is 12.3 Å². The minimum Gasteiger partial charge on any atom is -0.399 e. The molecule has 1 unspecified atom stereocenters. The molecule has 1 aliphatic heterocycles. The van der Waals surface area contributed by atoms with Crippen LogP contribution in [0.2, 0.25) is 10.0 Å². The first kappa shape index (κ1) is 16.1. The fourth-order valence-electron chi connectivity index (χ4n) is 2.19. The van der Waals surface area contributed by atoms with Crippen molar-refractivity contribution < 1.29 is 8.42 Å². The largest absolute Gasteiger partial charge is 0.399 e. The van der Waals surface area contributed by atoms with E-state index in [1.807, 2.05) is 0 Å². The molecule has 2 rings (SSSR count). The van der Waals surface area contributed by atoms with Crippen LogP contribution in [0.15, 0.2) is 12.1 Å². The minimum absolute atomic E-state index is 0.0962. The Kier molecular flexibility index (Phi) is 5.00. The summed E-state index contributed by atoms with van der Waals surface area (Å²) in [7, 11) is -3.21. The molecule has 1 aromatic carbocycles. The third-order valence-electron chi connectivity index (χ3n) is 3.23. The molecule has 0 saturated carbocycles. The third-order valence-corrected chi connectivity index (χ3v) is 7.09. The number of halogens is 2. The zero-order valence-corrected chi connectivity index (χ0v) is 14.1. The molecule has 20 heavy (non-hydrogen) atoms. The van der Waals surface area contributed by atoms with Gasteiger partial charge in [-0.3, -0.25) is 0 Å². The number of thioether (sulfide) groups is 1. The van der Waals surface area contributed by atoms with Crippen LogP contribution in [-0.4, -0.2) is 37.6 Å².